The Hall–Kier alpha value is -3.87. The van der Waals surface area contributed by atoms with E-state index in [1.807, 2.05) is 30.3 Å². The van der Waals surface area contributed by atoms with Crippen molar-refractivity contribution >= 4 is 44.7 Å². The molecule has 3 saturated heterocycles. The van der Waals surface area contributed by atoms with Gasteiger partial charge in [-0.1, -0.05) is 82.3 Å². The van der Waals surface area contributed by atoms with Crippen LogP contribution in [0.2, 0.25) is 0 Å². The van der Waals surface area contributed by atoms with E-state index in [9.17, 15) is 19.5 Å². The Kier molecular flexibility index (Phi) is 7.92. The minimum absolute atomic E-state index is 0.0166. The molecule has 3 aliphatic heterocycles. The van der Waals surface area contributed by atoms with Crippen LogP contribution >= 0.6 is 15.9 Å². The van der Waals surface area contributed by atoms with E-state index >= 15 is 0 Å². The van der Waals surface area contributed by atoms with Gasteiger partial charge in [-0.3, -0.25) is 14.4 Å². The van der Waals surface area contributed by atoms with E-state index in [0.717, 1.165) is 5.52 Å². The third-order valence-corrected chi connectivity index (χ3v) is 9.50. The molecule has 2 bridgehead atoms. The molecule has 1 aromatic heterocycles. The highest BCUT2D eigenvalue weighted by molar-refractivity contribution is 9.09. The maximum Gasteiger partial charge on any atom is 0.312 e. The summed E-state index contributed by atoms with van der Waals surface area (Å²) in [6, 6.07) is 14.4. The summed E-state index contributed by atoms with van der Waals surface area (Å²) in [5.41, 5.74) is 0.730. The highest BCUT2D eigenvalue weighted by Crippen LogP contribution is 2.61. The molecule has 43 heavy (non-hydrogen) atoms. The number of aliphatic hydroxyl groups is 1. The quantitative estimate of drug-likeness (QED) is 0.191. The molecule has 7 atom stereocenters. The molecule has 3 aromatic rings. The monoisotopic (exact) mass is 649 g/mol. The van der Waals surface area contributed by atoms with E-state index in [-0.39, 0.29) is 24.6 Å². The van der Waals surface area contributed by atoms with Crippen molar-refractivity contribution in [1.29, 1.82) is 0 Å². The molecule has 12 heteroatoms. The first-order valence-corrected chi connectivity index (χ1v) is 15.0. The van der Waals surface area contributed by atoms with Crippen molar-refractivity contribution < 1.29 is 29.0 Å². The zero-order valence-corrected chi connectivity index (χ0v) is 25.0. The summed E-state index contributed by atoms with van der Waals surface area (Å²) in [4.78, 5) is 45.3. The Morgan fingerprint density at radius 1 is 1.19 bits per heavy atom. The van der Waals surface area contributed by atoms with Crippen molar-refractivity contribution in [3.8, 4) is 0 Å². The molecule has 0 radical (unpaired) electrons. The van der Waals surface area contributed by atoms with Crippen molar-refractivity contribution in [3.63, 3.8) is 0 Å². The summed E-state index contributed by atoms with van der Waals surface area (Å²) in [5, 5.41) is 19.2. The number of rotatable bonds is 11. The lowest BCUT2D eigenvalue weighted by Crippen LogP contribution is -2.57. The molecule has 224 valence electrons. The van der Waals surface area contributed by atoms with Crippen LogP contribution in [0.4, 0.5) is 0 Å². The molecule has 1 N–H and O–H groups in total. The molecule has 2 aromatic carbocycles. The Bertz CT molecular complexity index is 1560. The Morgan fingerprint density at radius 3 is 2.65 bits per heavy atom. The normalized spacial score (nSPS) is 28.1. The maximum absolute atomic E-state index is 14.8. The van der Waals surface area contributed by atoms with Gasteiger partial charge >= 0.3 is 5.97 Å². The van der Waals surface area contributed by atoms with Crippen LogP contribution < -0.4 is 0 Å². The number of benzene rings is 2. The molecule has 4 heterocycles. The zero-order chi connectivity index (χ0) is 30.3. The van der Waals surface area contributed by atoms with Gasteiger partial charge in [-0.15, -0.1) is 11.7 Å². The number of nitrogens with zero attached hydrogens (tertiary/aromatic N) is 5. The number of halogens is 1. The number of esters is 1. The highest BCUT2D eigenvalue weighted by atomic mass is 79.9. The molecule has 3 fully saturated rings. The van der Waals surface area contributed by atoms with Gasteiger partial charge in [0.1, 0.15) is 30.4 Å². The highest BCUT2D eigenvalue weighted by Gasteiger charge is 2.77. The van der Waals surface area contributed by atoms with Gasteiger partial charge in [0.05, 0.1) is 36.1 Å². The SMILES string of the molecule is C=CCOC(=O)[C@H]1[C@@H]2OC3(CC2Br)C(C(=O)N(CC=C)Cn2nnc4ccccc42)N([C@H](CO)c2ccccc2)C(=O)[C@H]13. The van der Waals surface area contributed by atoms with Gasteiger partial charge in [0.25, 0.3) is 0 Å². The summed E-state index contributed by atoms with van der Waals surface area (Å²) < 4.78 is 13.6. The minimum Gasteiger partial charge on any atom is -0.461 e. The van der Waals surface area contributed by atoms with Gasteiger partial charge in [-0.2, -0.15) is 0 Å². The predicted molar refractivity (Wildman–Crippen MR) is 159 cm³/mol. The smallest absolute Gasteiger partial charge is 0.312 e. The van der Waals surface area contributed by atoms with Crippen LogP contribution in [0, 0.1) is 11.8 Å². The molecule has 2 amide bonds. The number of para-hydroxylation sites is 1. The zero-order valence-electron chi connectivity index (χ0n) is 23.4. The van der Waals surface area contributed by atoms with Crippen molar-refractivity contribution in [3.05, 3.63) is 85.5 Å². The Balaban J connectivity index is 1.45. The lowest BCUT2D eigenvalue weighted by molar-refractivity contribution is -0.156. The fourth-order valence-corrected chi connectivity index (χ4v) is 7.89. The van der Waals surface area contributed by atoms with Gasteiger partial charge < -0.3 is 24.4 Å². The minimum atomic E-state index is -1.34. The number of ether oxygens (including phenoxy) is 2. The fraction of sp³-hybridized carbons (Fsp3) is 0.387. The Labute approximate surface area is 256 Å². The van der Waals surface area contributed by atoms with Gasteiger partial charge in [0.2, 0.25) is 11.8 Å². The van der Waals surface area contributed by atoms with E-state index < -0.39 is 60.0 Å². The predicted octanol–water partition coefficient (Wildman–Crippen LogP) is 2.61. The van der Waals surface area contributed by atoms with Crippen LogP contribution in [0.5, 0.6) is 0 Å². The van der Waals surface area contributed by atoms with Crippen molar-refractivity contribution in [1.82, 2.24) is 24.8 Å². The van der Waals surface area contributed by atoms with Crippen LogP contribution in [-0.2, 0) is 30.5 Å². The van der Waals surface area contributed by atoms with Gasteiger partial charge in [-0.25, -0.2) is 4.68 Å². The standard InChI is InChI=1S/C31H32BrN5O6/c1-3-14-35(18-36-22-13-9-8-12-21(22)33-34-36)29(40)27-31-16-20(32)26(43-31)24(30(41)42-15-4-2)25(31)28(39)37(27)23(17-38)19-10-6-5-7-11-19/h3-13,20,23-27,38H,1-2,14-18H2/t20?,23-,24-,25+,26-,27?,31?/m1/s1. The first-order valence-electron chi connectivity index (χ1n) is 14.1. The summed E-state index contributed by atoms with van der Waals surface area (Å²) in [5.74, 6) is -3.35. The molecule has 3 aliphatic rings. The first-order chi connectivity index (χ1) is 20.9. The number of carbonyl (C=O) groups excluding carboxylic acids is 3. The number of carbonyl (C=O) groups is 3. The Morgan fingerprint density at radius 2 is 1.93 bits per heavy atom. The van der Waals surface area contributed by atoms with E-state index in [2.05, 4.69) is 39.4 Å². The topological polar surface area (TPSA) is 127 Å². The third-order valence-electron chi connectivity index (χ3n) is 8.66. The second kappa shape index (κ2) is 11.7. The third kappa shape index (κ3) is 4.68. The van der Waals surface area contributed by atoms with E-state index in [0.29, 0.717) is 17.5 Å². The second-order valence-electron chi connectivity index (χ2n) is 11.0. The van der Waals surface area contributed by atoms with Crippen LogP contribution in [0.15, 0.2) is 79.9 Å². The van der Waals surface area contributed by atoms with E-state index in [1.54, 1.807) is 39.9 Å². The molecule has 1 spiro atoms. The number of hydrogen-bond acceptors (Lipinski definition) is 8. The van der Waals surface area contributed by atoms with Crippen molar-refractivity contribution in [2.24, 2.45) is 11.8 Å². The molecule has 11 nitrogen and oxygen atoms in total. The lowest BCUT2D eigenvalue weighted by atomic mass is 9.70. The van der Waals surface area contributed by atoms with Crippen molar-refractivity contribution in [2.75, 3.05) is 19.8 Å². The number of likely N-dealkylation sites (tertiary alicyclic amines) is 1. The van der Waals surface area contributed by atoms with Gasteiger partial charge in [0.15, 0.2) is 0 Å². The van der Waals surface area contributed by atoms with E-state index in [4.69, 9.17) is 9.47 Å². The first kappa shape index (κ1) is 29.2. The van der Waals surface area contributed by atoms with E-state index in [1.165, 1.54) is 11.0 Å². The van der Waals surface area contributed by atoms with Gasteiger partial charge in [-0.05, 0) is 24.1 Å². The molecule has 3 unspecified atom stereocenters. The molecule has 0 saturated carbocycles. The van der Waals surface area contributed by atoms with Gasteiger partial charge in [0, 0.05) is 11.4 Å². The fourth-order valence-electron chi connectivity index (χ4n) is 6.95. The number of aliphatic hydroxyl groups excluding tert-OH is 1. The largest absolute Gasteiger partial charge is 0.461 e. The average molecular weight is 651 g/mol. The number of hydrogen-bond donors (Lipinski definition) is 1. The van der Waals surface area contributed by atoms with Crippen LogP contribution in [0.1, 0.15) is 18.0 Å². The number of alkyl halides is 1. The summed E-state index contributed by atoms with van der Waals surface area (Å²) in [6.45, 7) is 7.19. The summed E-state index contributed by atoms with van der Waals surface area (Å²) in [7, 11) is 0. The lowest BCUT2D eigenvalue weighted by Gasteiger charge is -2.39. The van der Waals surface area contributed by atoms with Crippen LogP contribution in [-0.4, -0.2) is 90.0 Å². The average Bonchev–Trinajstić information content (AvgIpc) is 3.74. The van der Waals surface area contributed by atoms with Crippen molar-refractivity contribution in [2.45, 2.75) is 41.7 Å². The number of amides is 2. The second-order valence-corrected chi connectivity index (χ2v) is 12.2. The molecular formula is C31H32BrN5O6. The molecule has 0 aliphatic carbocycles. The van der Waals surface area contributed by atoms with Crippen LogP contribution in [0.3, 0.4) is 0 Å². The molecule has 6 rings (SSSR count). The number of aromatic nitrogens is 3. The summed E-state index contributed by atoms with van der Waals surface area (Å²) in [6.07, 6.45) is 2.71. The summed E-state index contributed by atoms with van der Waals surface area (Å²) >= 11 is 3.67. The van der Waals surface area contributed by atoms with Crippen LogP contribution in [0.25, 0.3) is 11.0 Å². The number of fused-ring (bicyclic) bond motifs is 2. The molecular weight excluding hydrogens is 618 g/mol. The maximum atomic E-state index is 14.8.